The lowest BCUT2D eigenvalue weighted by Gasteiger charge is -2.38. The number of hydrogen-bond acceptors (Lipinski definition) is 3. The maximum absolute atomic E-state index is 12.7. The minimum atomic E-state index is -4.44. The molecule has 7 heteroatoms. The number of alkyl halides is 3. The lowest BCUT2D eigenvalue weighted by atomic mass is 10.2. The second-order valence-electron chi connectivity index (χ2n) is 6.85. The number of benzene rings is 1. The molecule has 0 saturated heterocycles. The molecule has 0 heterocycles. The highest BCUT2D eigenvalue weighted by Gasteiger charge is 2.40. The van der Waals surface area contributed by atoms with Gasteiger partial charge in [-0.25, -0.2) is 0 Å². The predicted octanol–water partition coefficient (Wildman–Crippen LogP) is 5.02. The van der Waals surface area contributed by atoms with Crippen LogP contribution in [0.2, 0.25) is 18.1 Å². The molecule has 0 aliphatic heterocycles. The van der Waals surface area contributed by atoms with Crippen LogP contribution < -0.4 is 4.74 Å². The molecule has 0 aliphatic rings. The number of halogens is 3. The Morgan fingerprint density at radius 3 is 2.30 bits per heavy atom. The van der Waals surface area contributed by atoms with Gasteiger partial charge in [-0.15, -0.1) is 0 Å². The Labute approximate surface area is 135 Å². The highest BCUT2D eigenvalue weighted by molar-refractivity contribution is 6.74. The van der Waals surface area contributed by atoms with Gasteiger partial charge in [-0.3, -0.25) is 0 Å². The Balaban J connectivity index is 2.95. The molecule has 0 bridgehead atoms. The molecule has 130 valence electrons. The van der Waals surface area contributed by atoms with E-state index in [-0.39, 0.29) is 17.2 Å². The molecule has 1 aromatic rings. The molecule has 0 N–H and O–H groups in total. The second-order valence-corrected chi connectivity index (χ2v) is 11.6. The van der Waals surface area contributed by atoms with Crippen LogP contribution in [0.1, 0.15) is 32.8 Å². The smallest absolute Gasteiger partial charge is 0.416 e. The van der Waals surface area contributed by atoms with Crippen molar-refractivity contribution in [2.75, 3.05) is 0 Å². The van der Waals surface area contributed by atoms with Crippen LogP contribution in [0.4, 0.5) is 13.2 Å². The summed E-state index contributed by atoms with van der Waals surface area (Å²) in [5.74, 6) is 0.0328. The Morgan fingerprint density at radius 2 is 1.83 bits per heavy atom. The predicted molar refractivity (Wildman–Crippen MR) is 84.8 cm³/mol. The number of hydrogen-bond donors (Lipinski definition) is 0. The molecule has 1 atom stereocenters. The first-order chi connectivity index (χ1) is 10.4. The summed E-state index contributed by atoms with van der Waals surface area (Å²) in [6, 6.07) is 4.56. The van der Waals surface area contributed by atoms with Gasteiger partial charge in [-0.1, -0.05) is 26.8 Å². The maximum atomic E-state index is 12.7. The van der Waals surface area contributed by atoms with Crippen LogP contribution in [-0.2, 0) is 15.4 Å². The molecule has 0 aliphatic carbocycles. The van der Waals surface area contributed by atoms with Crippen molar-refractivity contribution in [1.29, 1.82) is 0 Å². The summed E-state index contributed by atoms with van der Waals surface area (Å²) in [5, 5.41) is -0.106. The zero-order valence-electron chi connectivity index (χ0n) is 14.0. The standard InChI is InChI=1S/C16H23F3O3Si/c1-15(2,3)23(4,5)22-14(9-10-20)21-13-8-6-7-12(11-13)16(17,18)19/h6-8,10-11,14H,9H2,1-5H3. The molecule has 0 aromatic heterocycles. The Morgan fingerprint density at radius 1 is 1.22 bits per heavy atom. The maximum Gasteiger partial charge on any atom is 0.416 e. The van der Waals surface area contributed by atoms with E-state index < -0.39 is 26.3 Å². The van der Waals surface area contributed by atoms with Gasteiger partial charge < -0.3 is 14.0 Å². The van der Waals surface area contributed by atoms with Gasteiger partial charge in [0, 0.05) is 0 Å². The molecule has 0 radical (unpaired) electrons. The summed E-state index contributed by atoms with van der Waals surface area (Å²) in [6.07, 6.45) is -4.73. The van der Waals surface area contributed by atoms with Crippen LogP contribution in [0, 0.1) is 0 Å². The molecule has 0 spiro atoms. The third-order valence-electron chi connectivity index (χ3n) is 3.95. The Hall–Kier alpha value is -1.34. The first-order valence-corrected chi connectivity index (χ1v) is 10.2. The molecule has 0 saturated carbocycles. The molecule has 0 amide bonds. The van der Waals surface area contributed by atoms with E-state index in [9.17, 15) is 18.0 Å². The Kier molecular flexibility index (Phi) is 6.04. The average Bonchev–Trinajstić information content (AvgIpc) is 2.36. The lowest BCUT2D eigenvalue weighted by Crippen LogP contribution is -2.45. The molecular weight excluding hydrogens is 325 g/mol. The van der Waals surface area contributed by atoms with Crippen molar-refractivity contribution >= 4 is 14.6 Å². The zero-order valence-corrected chi connectivity index (χ0v) is 15.0. The SMILES string of the molecule is CC(C)(C)[Si](C)(C)OC(CC=O)Oc1cccc(C(F)(F)F)c1. The van der Waals surface area contributed by atoms with E-state index in [1.165, 1.54) is 12.1 Å². The second kappa shape index (κ2) is 7.05. The van der Waals surface area contributed by atoms with Crippen molar-refractivity contribution in [3.8, 4) is 5.75 Å². The molecule has 1 rings (SSSR count). The number of aldehydes is 1. The van der Waals surface area contributed by atoms with E-state index in [2.05, 4.69) is 0 Å². The van der Waals surface area contributed by atoms with E-state index in [0.717, 1.165) is 12.1 Å². The van der Waals surface area contributed by atoms with Crippen molar-refractivity contribution in [2.45, 2.75) is 57.8 Å². The van der Waals surface area contributed by atoms with Crippen molar-refractivity contribution in [2.24, 2.45) is 0 Å². The van der Waals surface area contributed by atoms with Crippen molar-refractivity contribution < 1.29 is 27.1 Å². The highest BCUT2D eigenvalue weighted by Crippen LogP contribution is 2.38. The zero-order chi connectivity index (χ0) is 17.9. The van der Waals surface area contributed by atoms with Gasteiger partial charge in [-0.05, 0) is 36.3 Å². The van der Waals surface area contributed by atoms with Crippen LogP contribution in [0.5, 0.6) is 5.75 Å². The first-order valence-electron chi connectivity index (χ1n) is 7.32. The quantitative estimate of drug-likeness (QED) is 0.411. The fourth-order valence-corrected chi connectivity index (χ4v) is 2.76. The van der Waals surface area contributed by atoms with Gasteiger partial charge in [0.25, 0.3) is 0 Å². The van der Waals surface area contributed by atoms with E-state index in [4.69, 9.17) is 9.16 Å². The average molecular weight is 348 g/mol. The minimum Gasteiger partial charge on any atom is -0.465 e. The summed E-state index contributed by atoms with van der Waals surface area (Å²) in [7, 11) is -2.22. The Bertz CT molecular complexity index is 536. The molecule has 1 aromatic carbocycles. The normalized spacial score (nSPS) is 14.4. The van der Waals surface area contributed by atoms with Gasteiger partial charge in [0.1, 0.15) is 12.0 Å². The number of carbonyl (C=O) groups excluding carboxylic acids is 1. The van der Waals surface area contributed by atoms with Crippen LogP contribution in [-0.4, -0.2) is 20.9 Å². The van der Waals surface area contributed by atoms with Gasteiger partial charge in [-0.2, -0.15) is 13.2 Å². The van der Waals surface area contributed by atoms with Crippen LogP contribution >= 0.6 is 0 Å². The summed E-state index contributed by atoms with van der Waals surface area (Å²) >= 11 is 0. The number of ether oxygens (including phenoxy) is 1. The number of carbonyl (C=O) groups is 1. The number of rotatable bonds is 6. The summed E-state index contributed by atoms with van der Waals surface area (Å²) in [6.45, 7) is 10.1. The lowest BCUT2D eigenvalue weighted by molar-refractivity contribution is -0.138. The van der Waals surface area contributed by atoms with Gasteiger partial charge in [0.15, 0.2) is 14.6 Å². The fraction of sp³-hybridized carbons (Fsp3) is 0.562. The summed E-state index contributed by atoms with van der Waals surface area (Å²) < 4.78 is 49.7. The van der Waals surface area contributed by atoms with Gasteiger partial charge in [0.05, 0.1) is 12.0 Å². The molecule has 1 unspecified atom stereocenters. The monoisotopic (exact) mass is 348 g/mol. The van der Waals surface area contributed by atoms with Crippen molar-refractivity contribution in [3.05, 3.63) is 29.8 Å². The molecule has 23 heavy (non-hydrogen) atoms. The largest absolute Gasteiger partial charge is 0.465 e. The van der Waals surface area contributed by atoms with E-state index >= 15 is 0 Å². The van der Waals surface area contributed by atoms with Crippen molar-refractivity contribution in [1.82, 2.24) is 0 Å². The van der Waals surface area contributed by atoms with Gasteiger partial charge >= 0.3 is 6.18 Å². The van der Waals surface area contributed by atoms with Crippen LogP contribution in [0.3, 0.4) is 0 Å². The van der Waals surface area contributed by atoms with Crippen LogP contribution in [0.25, 0.3) is 0 Å². The fourth-order valence-electron chi connectivity index (χ4n) is 1.60. The van der Waals surface area contributed by atoms with E-state index in [1.807, 2.05) is 33.9 Å². The first kappa shape index (κ1) is 19.7. The van der Waals surface area contributed by atoms with Crippen molar-refractivity contribution in [3.63, 3.8) is 0 Å². The highest BCUT2D eigenvalue weighted by atomic mass is 28.4. The molecular formula is C16H23F3O3Si. The molecule has 3 nitrogen and oxygen atoms in total. The van der Waals surface area contributed by atoms with Crippen LogP contribution in [0.15, 0.2) is 24.3 Å². The minimum absolute atomic E-state index is 0.0328. The molecule has 0 fully saturated rings. The third kappa shape index (κ3) is 5.66. The summed E-state index contributed by atoms with van der Waals surface area (Å²) in [4.78, 5) is 10.8. The van der Waals surface area contributed by atoms with E-state index in [0.29, 0.717) is 6.29 Å². The summed E-state index contributed by atoms with van der Waals surface area (Å²) in [5.41, 5.74) is -0.799. The van der Waals surface area contributed by atoms with Gasteiger partial charge in [0.2, 0.25) is 0 Å². The van der Waals surface area contributed by atoms with E-state index in [1.54, 1.807) is 0 Å². The topological polar surface area (TPSA) is 35.5 Å². The third-order valence-corrected chi connectivity index (χ3v) is 8.41.